The summed E-state index contributed by atoms with van der Waals surface area (Å²) in [5.74, 6) is -2.16. The van der Waals surface area contributed by atoms with Gasteiger partial charge in [0.25, 0.3) is 0 Å². The second-order valence-electron chi connectivity index (χ2n) is 6.94. The van der Waals surface area contributed by atoms with E-state index in [-0.39, 0.29) is 18.6 Å². The molecule has 0 radical (unpaired) electrons. The van der Waals surface area contributed by atoms with E-state index in [2.05, 4.69) is 16.0 Å². The molecule has 8 heteroatoms. The molecule has 2 aliphatic rings. The van der Waals surface area contributed by atoms with Crippen LogP contribution in [0, 0.1) is 0 Å². The summed E-state index contributed by atoms with van der Waals surface area (Å²) in [5, 5.41) is 7.74. The minimum absolute atomic E-state index is 0.181. The van der Waals surface area contributed by atoms with Crippen molar-refractivity contribution < 1.29 is 23.9 Å². The van der Waals surface area contributed by atoms with E-state index in [0.717, 1.165) is 25.7 Å². The first-order valence-corrected chi connectivity index (χ1v) is 9.24. The molecule has 0 aromatic heterocycles. The third kappa shape index (κ3) is 5.27. The Morgan fingerprint density at radius 1 is 1.00 bits per heavy atom. The van der Waals surface area contributed by atoms with Crippen molar-refractivity contribution in [2.24, 2.45) is 0 Å². The van der Waals surface area contributed by atoms with Gasteiger partial charge < -0.3 is 25.4 Å². The van der Waals surface area contributed by atoms with Crippen molar-refractivity contribution >= 4 is 29.1 Å². The Balaban J connectivity index is 1.43. The molecule has 1 spiro atoms. The molecule has 146 valence electrons. The van der Waals surface area contributed by atoms with Gasteiger partial charge >= 0.3 is 11.8 Å². The number of ether oxygens (including phenoxy) is 2. The summed E-state index contributed by atoms with van der Waals surface area (Å²) in [6, 6.07) is 6.50. The van der Waals surface area contributed by atoms with E-state index in [1.165, 1.54) is 13.3 Å². The number of nitrogens with one attached hydrogen (secondary N) is 3. The molecule has 0 unspecified atom stereocenters. The highest BCUT2D eigenvalue weighted by Gasteiger charge is 2.42. The summed E-state index contributed by atoms with van der Waals surface area (Å²) >= 11 is 0. The van der Waals surface area contributed by atoms with E-state index in [4.69, 9.17) is 9.47 Å². The Bertz CT molecular complexity index is 698. The number of hydrogen-bond donors (Lipinski definition) is 3. The lowest BCUT2D eigenvalue weighted by molar-refractivity contribution is -0.186. The molecule has 3 rings (SSSR count). The van der Waals surface area contributed by atoms with Gasteiger partial charge in [0, 0.05) is 37.7 Å². The number of benzene rings is 1. The van der Waals surface area contributed by atoms with E-state index in [1.807, 2.05) is 0 Å². The van der Waals surface area contributed by atoms with Crippen molar-refractivity contribution in [1.82, 2.24) is 5.32 Å². The van der Waals surface area contributed by atoms with Gasteiger partial charge in [-0.05, 0) is 37.1 Å². The largest absolute Gasteiger partial charge is 0.347 e. The van der Waals surface area contributed by atoms with Crippen LogP contribution in [0.5, 0.6) is 0 Å². The van der Waals surface area contributed by atoms with Crippen LogP contribution in [0.15, 0.2) is 24.3 Å². The maximum Gasteiger partial charge on any atom is 0.313 e. The molecule has 3 amide bonds. The van der Waals surface area contributed by atoms with Gasteiger partial charge in [0.15, 0.2) is 5.79 Å². The molecule has 27 heavy (non-hydrogen) atoms. The van der Waals surface area contributed by atoms with Crippen LogP contribution in [0.25, 0.3) is 0 Å². The fourth-order valence-electron chi connectivity index (χ4n) is 3.38. The zero-order valence-electron chi connectivity index (χ0n) is 15.4. The molecule has 1 atom stereocenters. The molecule has 1 saturated heterocycles. The van der Waals surface area contributed by atoms with E-state index in [9.17, 15) is 14.4 Å². The van der Waals surface area contributed by atoms with Crippen LogP contribution < -0.4 is 16.0 Å². The Labute approximate surface area is 158 Å². The van der Waals surface area contributed by atoms with Crippen molar-refractivity contribution in [3.8, 4) is 0 Å². The summed E-state index contributed by atoms with van der Waals surface area (Å²) in [6.45, 7) is 2.07. The van der Waals surface area contributed by atoms with Gasteiger partial charge in [-0.25, -0.2) is 0 Å². The zero-order valence-corrected chi connectivity index (χ0v) is 15.4. The molecule has 0 bridgehead atoms. The molecule has 1 aliphatic heterocycles. The predicted octanol–water partition coefficient (Wildman–Crippen LogP) is 1.78. The predicted molar refractivity (Wildman–Crippen MR) is 99.0 cm³/mol. The van der Waals surface area contributed by atoms with Gasteiger partial charge in [0.2, 0.25) is 5.91 Å². The highest BCUT2D eigenvalue weighted by molar-refractivity contribution is 6.39. The van der Waals surface area contributed by atoms with Gasteiger partial charge in [-0.1, -0.05) is 6.42 Å². The third-order valence-electron chi connectivity index (χ3n) is 4.69. The van der Waals surface area contributed by atoms with Gasteiger partial charge in [-0.15, -0.1) is 0 Å². The number of rotatable bonds is 4. The van der Waals surface area contributed by atoms with Crippen LogP contribution in [-0.2, 0) is 23.9 Å². The zero-order chi connectivity index (χ0) is 19.3. The van der Waals surface area contributed by atoms with Crippen LogP contribution in [0.4, 0.5) is 11.4 Å². The van der Waals surface area contributed by atoms with E-state index >= 15 is 0 Å². The van der Waals surface area contributed by atoms with E-state index < -0.39 is 17.6 Å². The maximum absolute atomic E-state index is 12.0. The molecule has 2 fully saturated rings. The Kier molecular flexibility index (Phi) is 6.08. The quantitative estimate of drug-likeness (QED) is 0.696. The van der Waals surface area contributed by atoms with Crippen LogP contribution in [0.2, 0.25) is 0 Å². The number of anilines is 2. The minimum Gasteiger partial charge on any atom is -0.347 e. The van der Waals surface area contributed by atoms with Crippen molar-refractivity contribution in [2.75, 3.05) is 23.8 Å². The van der Waals surface area contributed by atoms with Crippen molar-refractivity contribution in [3.05, 3.63) is 24.3 Å². The SMILES string of the molecule is CC(=O)Nc1ccc(NC(=O)C(=O)NC[C@@H]2COC3(CCCCC3)O2)cc1. The summed E-state index contributed by atoms with van der Waals surface area (Å²) < 4.78 is 11.8. The van der Waals surface area contributed by atoms with E-state index in [0.29, 0.717) is 18.0 Å². The summed E-state index contributed by atoms with van der Waals surface area (Å²) in [5.41, 5.74) is 1.07. The van der Waals surface area contributed by atoms with Gasteiger partial charge in [-0.3, -0.25) is 14.4 Å². The van der Waals surface area contributed by atoms with E-state index in [1.54, 1.807) is 24.3 Å². The summed E-state index contributed by atoms with van der Waals surface area (Å²) in [4.78, 5) is 35.0. The van der Waals surface area contributed by atoms with Gasteiger partial charge in [0.05, 0.1) is 6.61 Å². The molecule has 1 aromatic rings. The first-order chi connectivity index (χ1) is 13.0. The fraction of sp³-hybridized carbons (Fsp3) is 0.526. The molecular weight excluding hydrogens is 350 g/mol. The monoisotopic (exact) mass is 375 g/mol. The van der Waals surface area contributed by atoms with Crippen LogP contribution in [0.3, 0.4) is 0 Å². The molecule has 1 saturated carbocycles. The third-order valence-corrected chi connectivity index (χ3v) is 4.69. The molecule has 1 aliphatic carbocycles. The Morgan fingerprint density at radius 2 is 1.63 bits per heavy atom. The lowest BCUT2D eigenvalue weighted by Gasteiger charge is -2.31. The maximum atomic E-state index is 12.0. The smallest absolute Gasteiger partial charge is 0.313 e. The van der Waals surface area contributed by atoms with Gasteiger partial charge in [0.1, 0.15) is 6.10 Å². The average Bonchev–Trinajstić information content (AvgIpc) is 3.03. The standard InChI is InChI=1S/C19H25N3O5/c1-13(23)21-14-5-7-15(8-6-14)22-18(25)17(24)20-11-16-12-26-19(27-16)9-3-2-4-10-19/h5-8,16H,2-4,9-12H2,1H3,(H,20,24)(H,21,23)(H,22,25)/t16-/m1/s1. The highest BCUT2D eigenvalue weighted by atomic mass is 16.7. The summed E-state index contributed by atoms with van der Waals surface area (Å²) in [7, 11) is 0. The van der Waals surface area contributed by atoms with Crippen molar-refractivity contribution in [3.63, 3.8) is 0 Å². The minimum atomic E-state index is -0.756. The van der Waals surface area contributed by atoms with Crippen LogP contribution in [0.1, 0.15) is 39.0 Å². The number of carbonyl (C=O) groups is 3. The molecule has 1 aromatic carbocycles. The van der Waals surface area contributed by atoms with Crippen molar-refractivity contribution in [1.29, 1.82) is 0 Å². The first-order valence-electron chi connectivity index (χ1n) is 9.24. The molecule has 3 N–H and O–H groups in total. The normalized spacial score (nSPS) is 20.9. The Morgan fingerprint density at radius 3 is 2.26 bits per heavy atom. The second-order valence-corrected chi connectivity index (χ2v) is 6.94. The highest BCUT2D eigenvalue weighted by Crippen LogP contribution is 2.37. The number of amides is 3. The van der Waals surface area contributed by atoms with Crippen LogP contribution in [-0.4, -0.2) is 42.8 Å². The topological polar surface area (TPSA) is 106 Å². The molecule has 1 heterocycles. The molecule has 8 nitrogen and oxygen atoms in total. The first kappa shape index (κ1) is 19.3. The summed E-state index contributed by atoms with van der Waals surface area (Å²) in [6.07, 6.45) is 4.89. The van der Waals surface area contributed by atoms with Crippen LogP contribution >= 0.6 is 0 Å². The lowest BCUT2D eigenvalue weighted by Crippen LogP contribution is -2.41. The van der Waals surface area contributed by atoms with Crippen molar-refractivity contribution in [2.45, 2.75) is 50.9 Å². The fourth-order valence-corrected chi connectivity index (χ4v) is 3.38. The second kappa shape index (κ2) is 8.49. The number of hydrogen-bond acceptors (Lipinski definition) is 5. The Hall–Kier alpha value is -2.45. The average molecular weight is 375 g/mol. The lowest BCUT2D eigenvalue weighted by atomic mass is 9.94. The van der Waals surface area contributed by atoms with Gasteiger partial charge in [-0.2, -0.15) is 0 Å². The molecular formula is C19H25N3O5. The number of carbonyl (C=O) groups excluding carboxylic acids is 3.